The molecule has 3 rings (SSSR count). The van der Waals surface area contributed by atoms with Crippen molar-refractivity contribution in [1.29, 1.82) is 0 Å². The third-order valence-corrected chi connectivity index (χ3v) is 4.33. The standard InChI is InChI=1S/C20H19ClN2O3/c1-3-6-19(24)26-13-9-10-17(16(21)11-13)22-20(25)15-12-23(2)18-8-5-4-7-14(15)18/h4-5,7-12H,3,6H2,1-2H3,(H,22,25). The lowest BCUT2D eigenvalue weighted by molar-refractivity contribution is -0.134. The molecule has 1 amide bonds. The van der Waals surface area contributed by atoms with E-state index in [0.29, 0.717) is 34.9 Å². The SMILES string of the molecule is CCCC(=O)Oc1ccc(NC(=O)c2cn(C)c3ccccc23)c(Cl)c1. The smallest absolute Gasteiger partial charge is 0.311 e. The first-order valence-electron chi connectivity index (χ1n) is 8.35. The van der Waals surface area contributed by atoms with E-state index in [1.807, 2.05) is 42.8 Å². The predicted molar refractivity (Wildman–Crippen MR) is 103 cm³/mol. The number of aromatic nitrogens is 1. The number of aryl methyl sites for hydroxylation is 1. The van der Waals surface area contributed by atoms with E-state index in [9.17, 15) is 9.59 Å². The van der Waals surface area contributed by atoms with Gasteiger partial charge in [0, 0.05) is 36.6 Å². The van der Waals surface area contributed by atoms with Crippen LogP contribution in [0.25, 0.3) is 10.9 Å². The zero-order chi connectivity index (χ0) is 18.7. The number of hydrogen-bond donors (Lipinski definition) is 1. The van der Waals surface area contributed by atoms with Gasteiger partial charge in [0.2, 0.25) is 0 Å². The largest absolute Gasteiger partial charge is 0.426 e. The number of benzene rings is 2. The lowest BCUT2D eigenvalue weighted by atomic mass is 10.1. The van der Waals surface area contributed by atoms with Crippen molar-refractivity contribution in [3.63, 3.8) is 0 Å². The van der Waals surface area contributed by atoms with Gasteiger partial charge in [-0.25, -0.2) is 0 Å². The van der Waals surface area contributed by atoms with E-state index in [0.717, 1.165) is 10.9 Å². The van der Waals surface area contributed by atoms with Crippen LogP contribution in [0.5, 0.6) is 5.75 Å². The van der Waals surface area contributed by atoms with Gasteiger partial charge in [0.1, 0.15) is 5.75 Å². The number of rotatable bonds is 5. The van der Waals surface area contributed by atoms with Crippen LogP contribution in [-0.4, -0.2) is 16.4 Å². The molecule has 6 heteroatoms. The Labute approximate surface area is 156 Å². The first-order chi connectivity index (χ1) is 12.5. The molecule has 134 valence electrons. The van der Waals surface area contributed by atoms with Crippen molar-refractivity contribution >= 4 is 40.1 Å². The Bertz CT molecular complexity index is 978. The van der Waals surface area contributed by atoms with Gasteiger partial charge in [-0.2, -0.15) is 0 Å². The molecule has 0 saturated heterocycles. The number of nitrogens with one attached hydrogen (secondary N) is 1. The van der Waals surface area contributed by atoms with E-state index in [-0.39, 0.29) is 11.9 Å². The molecule has 26 heavy (non-hydrogen) atoms. The quantitative estimate of drug-likeness (QED) is 0.519. The normalized spacial score (nSPS) is 10.7. The Balaban J connectivity index is 1.80. The molecule has 1 aromatic heterocycles. The van der Waals surface area contributed by atoms with Crippen molar-refractivity contribution in [2.45, 2.75) is 19.8 Å². The molecule has 0 unspecified atom stereocenters. The van der Waals surface area contributed by atoms with E-state index < -0.39 is 0 Å². The van der Waals surface area contributed by atoms with Gasteiger partial charge in [0.15, 0.2) is 0 Å². The second kappa shape index (κ2) is 7.62. The zero-order valence-electron chi connectivity index (χ0n) is 14.6. The van der Waals surface area contributed by atoms with Gasteiger partial charge in [0.05, 0.1) is 16.3 Å². The number of carbonyl (C=O) groups is 2. The third-order valence-electron chi connectivity index (χ3n) is 4.02. The molecule has 5 nitrogen and oxygen atoms in total. The number of halogens is 1. The lowest BCUT2D eigenvalue weighted by Crippen LogP contribution is -2.12. The fourth-order valence-corrected chi connectivity index (χ4v) is 2.98. The molecule has 0 bridgehead atoms. The maximum Gasteiger partial charge on any atom is 0.311 e. The number of esters is 1. The summed E-state index contributed by atoms with van der Waals surface area (Å²) in [5.74, 6) is -0.202. The molecular formula is C20H19ClN2O3. The summed E-state index contributed by atoms with van der Waals surface area (Å²) in [6.07, 6.45) is 2.84. The maximum absolute atomic E-state index is 12.7. The number of ether oxygens (including phenoxy) is 1. The number of nitrogens with zero attached hydrogens (tertiary/aromatic N) is 1. The van der Waals surface area contributed by atoms with Crippen LogP contribution in [0.1, 0.15) is 30.1 Å². The Morgan fingerprint density at radius 3 is 2.69 bits per heavy atom. The lowest BCUT2D eigenvalue weighted by Gasteiger charge is -2.09. The highest BCUT2D eigenvalue weighted by atomic mass is 35.5. The van der Waals surface area contributed by atoms with Crippen LogP contribution in [0, 0.1) is 0 Å². The summed E-state index contributed by atoms with van der Waals surface area (Å²) in [6.45, 7) is 1.90. The maximum atomic E-state index is 12.7. The molecule has 1 N–H and O–H groups in total. The summed E-state index contributed by atoms with van der Waals surface area (Å²) in [6, 6.07) is 12.4. The number of hydrogen-bond acceptors (Lipinski definition) is 3. The number of carbonyl (C=O) groups excluding carboxylic acids is 2. The van der Waals surface area contributed by atoms with Gasteiger partial charge in [0.25, 0.3) is 5.91 Å². The van der Waals surface area contributed by atoms with Crippen molar-refractivity contribution in [2.24, 2.45) is 7.05 Å². The van der Waals surface area contributed by atoms with Crippen LogP contribution in [0.15, 0.2) is 48.7 Å². The zero-order valence-corrected chi connectivity index (χ0v) is 15.3. The average molecular weight is 371 g/mol. The minimum absolute atomic E-state index is 0.251. The second-order valence-corrected chi connectivity index (χ2v) is 6.40. The Morgan fingerprint density at radius 1 is 1.19 bits per heavy atom. The van der Waals surface area contributed by atoms with Crippen molar-refractivity contribution in [3.05, 3.63) is 59.2 Å². The van der Waals surface area contributed by atoms with E-state index in [1.165, 1.54) is 6.07 Å². The molecule has 0 saturated carbocycles. The number of fused-ring (bicyclic) bond motifs is 1. The molecule has 0 aliphatic rings. The van der Waals surface area contributed by atoms with Crippen molar-refractivity contribution in [1.82, 2.24) is 4.57 Å². The van der Waals surface area contributed by atoms with E-state index in [2.05, 4.69) is 5.32 Å². The second-order valence-electron chi connectivity index (χ2n) is 5.99. The van der Waals surface area contributed by atoms with E-state index in [1.54, 1.807) is 18.3 Å². The highest BCUT2D eigenvalue weighted by Gasteiger charge is 2.15. The van der Waals surface area contributed by atoms with Crippen LogP contribution < -0.4 is 10.1 Å². The fraction of sp³-hybridized carbons (Fsp3) is 0.200. The molecule has 2 aromatic carbocycles. The van der Waals surface area contributed by atoms with Crippen LogP contribution >= 0.6 is 11.6 Å². The first-order valence-corrected chi connectivity index (χ1v) is 8.73. The third kappa shape index (κ3) is 3.73. The van der Waals surface area contributed by atoms with Gasteiger partial charge in [-0.05, 0) is 24.6 Å². The molecule has 0 aliphatic heterocycles. The van der Waals surface area contributed by atoms with Crippen LogP contribution in [0.2, 0.25) is 5.02 Å². The fourth-order valence-electron chi connectivity index (χ4n) is 2.76. The van der Waals surface area contributed by atoms with Gasteiger partial charge < -0.3 is 14.6 Å². The number of anilines is 1. The van der Waals surface area contributed by atoms with Crippen molar-refractivity contribution in [3.8, 4) is 5.75 Å². The highest BCUT2D eigenvalue weighted by Crippen LogP contribution is 2.28. The molecule has 0 fully saturated rings. The van der Waals surface area contributed by atoms with Crippen molar-refractivity contribution in [2.75, 3.05) is 5.32 Å². The van der Waals surface area contributed by atoms with Gasteiger partial charge >= 0.3 is 5.97 Å². The summed E-state index contributed by atoms with van der Waals surface area (Å²) in [7, 11) is 1.89. The van der Waals surface area contributed by atoms with Gasteiger partial charge in [-0.15, -0.1) is 0 Å². The molecular weight excluding hydrogens is 352 g/mol. The molecule has 0 atom stereocenters. The molecule has 0 aliphatic carbocycles. The molecule has 0 spiro atoms. The van der Waals surface area contributed by atoms with E-state index in [4.69, 9.17) is 16.3 Å². The summed E-state index contributed by atoms with van der Waals surface area (Å²) < 4.78 is 7.11. The predicted octanol–water partition coefficient (Wildman–Crippen LogP) is 4.79. The highest BCUT2D eigenvalue weighted by molar-refractivity contribution is 6.34. The Kier molecular flexibility index (Phi) is 5.28. The van der Waals surface area contributed by atoms with Crippen LogP contribution in [-0.2, 0) is 11.8 Å². The molecule has 0 radical (unpaired) electrons. The summed E-state index contributed by atoms with van der Waals surface area (Å²) in [5, 5.41) is 3.99. The van der Waals surface area contributed by atoms with Gasteiger partial charge in [-0.1, -0.05) is 36.7 Å². The van der Waals surface area contributed by atoms with Gasteiger partial charge in [-0.3, -0.25) is 9.59 Å². The first kappa shape index (κ1) is 18.0. The number of para-hydroxylation sites is 1. The topological polar surface area (TPSA) is 60.3 Å². The minimum atomic E-state index is -0.309. The van der Waals surface area contributed by atoms with E-state index >= 15 is 0 Å². The number of amides is 1. The average Bonchev–Trinajstić information content (AvgIpc) is 2.95. The molecule has 1 heterocycles. The summed E-state index contributed by atoms with van der Waals surface area (Å²) >= 11 is 6.23. The van der Waals surface area contributed by atoms with Crippen LogP contribution in [0.3, 0.4) is 0 Å². The summed E-state index contributed by atoms with van der Waals surface area (Å²) in [4.78, 5) is 24.2. The monoisotopic (exact) mass is 370 g/mol. The van der Waals surface area contributed by atoms with Crippen LogP contribution in [0.4, 0.5) is 5.69 Å². The molecule has 3 aromatic rings. The summed E-state index contributed by atoms with van der Waals surface area (Å²) in [5.41, 5.74) is 2.00. The minimum Gasteiger partial charge on any atom is -0.426 e. The Hall–Kier alpha value is -2.79. The van der Waals surface area contributed by atoms with Crippen molar-refractivity contribution < 1.29 is 14.3 Å². The Morgan fingerprint density at radius 2 is 1.96 bits per heavy atom.